The third-order valence-electron chi connectivity index (χ3n) is 3.96. The fourth-order valence-corrected chi connectivity index (χ4v) is 2.77. The van der Waals surface area contributed by atoms with Gasteiger partial charge in [-0.2, -0.15) is 0 Å². The average molecular weight is 346 g/mol. The van der Waals surface area contributed by atoms with Gasteiger partial charge in [0.15, 0.2) is 0 Å². The summed E-state index contributed by atoms with van der Waals surface area (Å²) in [5, 5.41) is 2.96. The topological polar surface area (TPSA) is 50.8 Å². The fraction of sp³-hybridized carbons (Fsp3) is 0.550. The molecule has 5 heteroatoms. The van der Waals surface area contributed by atoms with Gasteiger partial charge in [-0.1, -0.05) is 17.7 Å². The number of nitrogens with one attached hydrogen (secondary N) is 1. The summed E-state index contributed by atoms with van der Waals surface area (Å²) in [7, 11) is 0. The molecule has 1 amide bonds. The highest BCUT2D eigenvalue weighted by molar-refractivity contribution is 5.88. The van der Waals surface area contributed by atoms with Crippen LogP contribution in [-0.2, 0) is 16.0 Å². The lowest BCUT2D eigenvalue weighted by molar-refractivity contribution is -0.116. The van der Waals surface area contributed by atoms with Crippen molar-refractivity contribution >= 4 is 5.91 Å². The van der Waals surface area contributed by atoms with Gasteiger partial charge in [0, 0.05) is 32.3 Å². The van der Waals surface area contributed by atoms with Crippen molar-refractivity contribution in [3.8, 4) is 5.75 Å². The second-order valence-corrected chi connectivity index (χ2v) is 6.73. The zero-order valence-electron chi connectivity index (χ0n) is 15.6. The summed E-state index contributed by atoms with van der Waals surface area (Å²) in [6.07, 6.45) is 2.69. The first-order chi connectivity index (χ1) is 12.0. The van der Waals surface area contributed by atoms with E-state index in [1.807, 2.05) is 45.0 Å². The molecule has 1 aromatic carbocycles. The summed E-state index contributed by atoms with van der Waals surface area (Å²) < 4.78 is 11.0. The Morgan fingerprint density at radius 2 is 1.96 bits per heavy atom. The van der Waals surface area contributed by atoms with Crippen LogP contribution in [0.3, 0.4) is 0 Å². The van der Waals surface area contributed by atoms with Gasteiger partial charge in [0.2, 0.25) is 5.91 Å². The predicted molar refractivity (Wildman–Crippen MR) is 99.9 cm³/mol. The zero-order valence-corrected chi connectivity index (χ0v) is 15.6. The van der Waals surface area contributed by atoms with Crippen LogP contribution < -0.4 is 10.1 Å². The van der Waals surface area contributed by atoms with Crippen LogP contribution in [0.1, 0.15) is 26.3 Å². The number of hydrogen-bond acceptors (Lipinski definition) is 4. The Bertz CT molecular complexity index is 561. The molecule has 0 radical (unpaired) electrons. The van der Waals surface area contributed by atoms with E-state index in [4.69, 9.17) is 9.47 Å². The summed E-state index contributed by atoms with van der Waals surface area (Å²) in [5.74, 6) is 0.856. The first-order valence-electron chi connectivity index (χ1n) is 9.03. The van der Waals surface area contributed by atoms with Gasteiger partial charge in [-0.05, 0) is 44.9 Å². The number of rotatable bonds is 8. The van der Waals surface area contributed by atoms with Crippen LogP contribution in [0.4, 0.5) is 0 Å². The molecule has 1 aromatic rings. The molecule has 0 saturated carbocycles. The molecule has 0 atom stereocenters. The van der Waals surface area contributed by atoms with Gasteiger partial charge in [-0.15, -0.1) is 0 Å². The van der Waals surface area contributed by atoms with E-state index >= 15 is 0 Å². The third-order valence-corrected chi connectivity index (χ3v) is 3.96. The monoisotopic (exact) mass is 346 g/mol. The number of morpholine rings is 1. The van der Waals surface area contributed by atoms with Crippen molar-refractivity contribution in [3.63, 3.8) is 0 Å². The van der Waals surface area contributed by atoms with E-state index in [0.29, 0.717) is 6.54 Å². The van der Waals surface area contributed by atoms with Crippen LogP contribution in [0.5, 0.6) is 5.75 Å². The fourth-order valence-electron chi connectivity index (χ4n) is 2.77. The van der Waals surface area contributed by atoms with E-state index in [-0.39, 0.29) is 12.0 Å². The number of benzene rings is 1. The van der Waals surface area contributed by atoms with Crippen molar-refractivity contribution in [1.82, 2.24) is 10.2 Å². The molecule has 1 N–H and O–H groups in total. The van der Waals surface area contributed by atoms with Crippen LogP contribution in [0.15, 0.2) is 35.9 Å². The molecule has 1 fully saturated rings. The van der Waals surface area contributed by atoms with Gasteiger partial charge in [0.1, 0.15) is 5.75 Å². The SMILES string of the molecule is C/C(=C\C(=O)NCCc1ccc(OC(C)C)cc1)CN1CCOCC1. The lowest BCUT2D eigenvalue weighted by atomic mass is 10.1. The van der Waals surface area contributed by atoms with E-state index < -0.39 is 0 Å². The molecule has 5 nitrogen and oxygen atoms in total. The lowest BCUT2D eigenvalue weighted by Gasteiger charge is -2.26. The lowest BCUT2D eigenvalue weighted by Crippen LogP contribution is -2.37. The van der Waals surface area contributed by atoms with E-state index in [1.54, 1.807) is 6.08 Å². The van der Waals surface area contributed by atoms with E-state index in [9.17, 15) is 4.79 Å². The van der Waals surface area contributed by atoms with E-state index in [2.05, 4.69) is 10.2 Å². The maximum absolute atomic E-state index is 12.0. The minimum atomic E-state index is -0.0227. The highest BCUT2D eigenvalue weighted by Crippen LogP contribution is 2.14. The molecule has 0 bridgehead atoms. The molecule has 0 unspecified atom stereocenters. The highest BCUT2D eigenvalue weighted by Gasteiger charge is 2.10. The van der Waals surface area contributed by atoms with Crippen LogP contribution in [0.2, 0.25) is 0 Å². The van der Waals surface area contributed by atoms with Gasteiger partial charge in [-0.3, -0.25) is 9.69 Å². The standard InChI is InChI=1S/C20H30N2O3/c1-16(2)25-19-6-4-18(5-7-19)8-9-21-20(23)14-17(3)15-22-10-12-24-13-11-22/h4-7,14,16H,8-13,15H2,1-3H3,(H,21,23)/b17-14+. The van der Waals surface area contributed by atoms with Crippen LogP contribution in [0, 0.1) is 0 Å². The summed E-state index contributed by atoms with van der Waals surface area (Å²) in [6, 6.07) is 8.04. The third kappa shape index (κ3) is 7.71. The Morgan fingerprint density at radius 3 is 2.60 bits per heavy atom. The first-order valence-corrected chi connectivity index (χ1v) is 9.03. The Kier molecular flexibility index (Phi) is 7.95. The molecule has 25 heavy (non-hydrogen) atoms. The molecule has 1 aliphatic heterocycles. The van der Waals surface area contributed by atoms with Crippen molar-refractivity contribution in [2.75, 3.05) is 39.4 Å². The molecule has 1 saturated heterocycles. The normalized spacial score (nSPS) is 16.1. The summed E-state index contributed by atoms with van der Waals surface area (Å²) in [4.78, 5) is 14.3. The van der Waals surface area contributed by atoms with Crippen molar-refractivity contribution in [2.45, 2.75) is 33.3 Å². The van der Waals surface area contributed by atoms with Crippen LogP contribution in [-0.4, -0.2) is 56.3 Å². The highest BCUT2D eigenvalue weighted by atomic mass is 16.5. The molecule has 2 rings (SSSR count). The maximum atomic E-state index is 12.0. The van der Waals surface area contributed by atoms with Gasteiger partial charge in [0.25, 0.3) is 0 Å². The molecule has 0 spiro atoms. The molecule has 0 aromatic heterocycles. The number of carbonyl (C=O) groups excluding carboxylic acids is 1. The van der Waals surface area contributed by atoms with Crippen molar-refractivity contribution in [2.24, 2.45) is 0 Å². The van der Waals surface area contributed by atoms with E-state index in [0.717, 1.165) is 50.6 Å². The minimum Gasteiger partial charge on any atom is -0.491 e. The largest absolute Gasteiger partial charge is 0.491 e. The number of hydrogen-bond donors (Lipinski definition) is 1. The number of nitrogens with zero attached hydrogens (tertiary/aromatic N) is 1. The summed E-state index contributed by atoms with van der Waals surface area (Å²) >= 11 is 0. The van der Waals surface area contributed by atoms with Gasteiger partial charge in [0.05, 0.1) is 19.3 Å². The molecular formula is C20H30N2O3. The first kappa shape index (κ1) is 19.5. The Hall–Kier alpha value is -1.85. The van der Waals surface area contributed by atoms with Gasteiger partial charge < -0.3 is 14.8 Å². The molecular weight excluding hydrogens is 316 g/mol. The second kappa shape index (κ2) is 10.2. The maximum Gasteiger partial charge on any atom is 0.243 e. The molecule has 138 valence electrons. The summed E-state index contributed by atoms with van der Waals surface area (Å²) in [5.41, 5.74) is 2.26. The smallest absolute Gasteiger partial charge is 0.243 e. The predicted octanol–water partition coefficient (Wildman–Crippen LogP) is 2.41. The van der Waals surface area contributed by atoms with Crippen LogP contribution in [0.25, 0.3) is 0 Å². The van der Waals surface area contributed by atoms with Gasteiger partial charge >= 0.3 is 0 Å². The zero-order chi connectivity index (χ0) is 18.1. The molecule has 0 aliphatic carbocycles. The average Bonchev–Trinajstić information content (AvgIpc) is 2.56. The molecule has 1 aliphatic rings. The van der Waals surface area contributed by atoms with Crippen LogP contribution >= 0.6 is 0 Å². The van der Waals surface area contributed by atoms with Crippen molar-refractivity contribution < 1.29 is 14.3 Å². The van der Waals surface area contributed by atoms with E-state index in [1.165, 1.54) is 5.56 Å². The Morgan fingerprint density at radius 1 is 1.28 bits per heavy atom. The number of carbonyl (C=O) groups is 1. The van der Waals surface area contributed by atoms with Crippen molar-refractivity contribution in [1.29, 1.82) is 0 Å². The Labute approximate surface area is 151 Å². The summed E-state index contributed by atoms with van der Waals surface area (Å²) in [6.45, 7) is 10.9. The molecule has 1 heterocycles. The van der Waals surface area contributed by atoms with Gasteiger partial charge in [-0.25, -0.2) is 0 Å². The Balaban J connectivity index is 1.69. The quantitative estimate of drug-likeness (QED) is 0.735. The number of amides is 1. The number of ether oxygens (including phenoxy) is 2. The minimum absolute atomic E-state index is 0.0227. The van der Waals surface area contributed by atoms with Crippen molar-refractivity contribution in [3.05, 3.63) is 41.5 Å². The second-order valence-electron chi connectivity index (χ2n) is 6.73.